The number of aryl methyl sites for hydroxylation is 1. The number of pyridine rings is 1. The molecule has 100 valence electrons. The molecule has 5 nitrogen and oxygen atoms in total. The molecule has 0 saturated carbocycles. The fourth-order valence-corrected chi connectivity index (χ4v) is 2.17. The van der Waals surface area contributed by atoms with E-state index in [1.54, 1.807) is 23.9 Å². The lowest BCUT2D eigenvalue weighted by Crippen LogP contribution is -2.17. The van der Waals surface area contributed by atoms with Crippen molar-refractivity contribution in [2.24, 2.45) is 7.05 Å². The fraction of sp³-hybridized carbons (Fsp3) is 0.133. The highest BCUT2D eigenvalue weighted by Crippen LogP contribution is 2.21. The van der Waals surface area contributed by atoms with Crippen LogP contribution >= 0.6 is 0 Å². The van der Waals surface area contributed by atoms with Crippen molar-refractivity contribution in [3.8, 4) is 0 Å². The molecule has 0 spiro atoms. The Kier molecular flexibility index (Phi) is 3.16. The summed E-state index contributed by atoms with van der Waals surface area (Å²) in [6.07, 6.45) is 1.64. The topological polar surface area (TPSA) is 59.8 Å². The lowest BCUT2D eigenvalue weighted by molar-refractivity contribution is 0.901. The Hall–Kier alpha value is -2.69. The highest BCUT2D eigenvalue weighted by Gasteiger charge is 2.06. The molecular formula is C15H14N4O. The molecule has 5 heteroatoms. The van der Waals surface area contributed by atoms with Crippen molar-refractivity contribution in [3.05, 3.63) is 64.7 Å². The second kappa shape index (κ2) is 5.13. The van der Waals surface area contributed by atoms with Crippen LogP contribution in [0.4, 0.5) is 5.69 Å². The van der Waals surface area contributed by atoms with Gasteiger partial charge in [-0.15, -0.1) is 0 Å². The first-order valence-corrected chi connectivity index (χ1v) is 6.35. The van der Waals surface area contributed by atoms with Crippen LogP contribution in [0.1, 0.15) is 5.69 Å². The summed E-state index contributed by atoms with van der Waals surface area (Å²) in [6, 6.07) is 13.2. The second-order valence-corrected chi connectivity index (χ2v) is 4.54. The van der Waals surface area contributed by atoms with Crippen LogP contribution < -0.4 is 10.9 Å². The highest BCUT2D eigenvalue weighted by atomic mass is 16.1. The number of hydrogen-bond donors (Lipinski definition) is 1. The number of anilines is 1. The van der Waals surface area contributed by atoms with Crippen LogP contribution in [0.3, 0.4) is 0 Å². The molecule has 0 bridgehead atoms. The number of benzene rings is 1. The largest absolute Gasteiger partial charge is 0.379 e. The molecule has 3 aromatic rings. The smallest absolute Gasteiger partial charge is 0.252 e. The molecule has 0 fully saturated rings. The normalized spacial score (nSPS) is 10.7. The third-order valence-electron chi connectivity index (χ3n) is 3.24. The van der Waals surface area contributed by atoms with E-state index in [1.807, 2.05) is 36.4 Å². The first kappa shape index (κ1) is 12.3. The van der Waals surface area contributed by atoms with E-state index in [9.17, 15) is 4.79 Å². The van der Waals surface area contributed by atoms with Gasteiger partial charge in [-0.25, -0.2) is 0 Å². The molecule has 0 unspecified atom stereocenters. The Morgan fingerprint density at radius 3 is 2.85 bits per heavy atom. The Bertz CT molecular complexity index is 796. The Labute approximate surface area is 115 Å². The van der Waals surface area contributed by atoms with Gasteiger partial charge in [0.25, 0.3) is 5.56 Å². The van der Waals surface area contributed by atoms with Crippen molar-refractivity contribution in [3.63, 3.8) is 0 Å². The monoisotopic (exact) mass is 266 g/mol. The van der Waals surface area contributed by atoms with Crippen LogP contribution in [0.5, 0.6) is 0 Å². The van der Waals surface area contributed by atoms with Gasteiger partial charge in [-0.1, -0.05) is 18.2 Å². The van der Waals surface area contributed by atoms with Gasteiger partial charge in [0.15, 0.2) is 0 Å². The van der Waals surface area contributed by atoms with E-state index in [-0.39, 0.29) is 5.56 Å². The Morgan fingerprint density at radius 2 is 2.05 bits per heavy atom. The quantitative estimate of drug-likeness (QED) is 0.787. The summed E-state index contributed by atoms with van der Waals surface area (Å²) < 4.78 is 1.64. The average Bonchev–Trinajstić information content (AvgIpc) is 2.50. The van der Waals surface area contributed by atoms with Gasteiger partial charge in [-0.2, -0.15) is 10.2 Å². The summed E-state index contributed by atoms with van der Waals surface area (Å²) in [6.45, 7) is 0.533. The number of rotatable bonds is 3. The summed E-state index contributed by atoms with van der Waals surface area (Å²) in [7, 11) is 1.77. The molecule has 0 aliphatic carbocycles. The predicted molar refractivity (Wildman–Crippen MR) is 78.5 cm³/mol. The molecule has 1 N–H and O–H groups in total. The summed E-state index contributed by atoms with van der Waals surface area (Å²) in [4.78, 5) is 12.0. The maximum absolute atomic E-state index is 12.0. The zero-order valence-corrected chi connectivity index (χ0v) is 11.1. The van der Waals surface area contributed by atoms with Crippen LogP contribution in [-0.2, 0) is 13.6 Å². The summed E-state index contributed by atoms with van der Waals surface area (Å²) in [5, 5.41) is 12.1. The third kappa shape index (κ3) is 2.25. The standard InChI is InChI=1S/C15H14N4O/c1-19-14-7-3-2-6-12(14)13(9-15(19)20)16-10-11-5-4-8-17-18-11/h2-9,16H,10H2,1H3. The zero-order valence-electron chi connectivity index (χ0n) is 11.1. The Balaban J connectivity index is 2.00. The van der Waals surface area contributed by atoms with Crippen LogP contribution in [0.2, 0.25) is 0 Å². The third-order valence-corrected chi connectivity index (χ3v) is 3.24. The van der Waals surface area contributed by atoms with E-state index in [0.717, 1.165) is 22.3 Å². The number of para-hydroxylation sites is 1. The van der Waals surface area contributed by atoms with E-state index < -0.39 is 0 Å². The van der Waals surface area contributed by atoms with Gasteiger partial charge in [0, 0.05) is 30.4 Å². The minimum absolute atomic E-state index is 0.0367. The van der Waals surface area contributed by atoms with Crippen LogP contribution in [0.15, 0.2) is 53.5 Å². The van der Waals surface area contributed by atoms with Gasteiger partial charge in [0.1, 0.15) is 0 Å². The van der Waals surface area contributed by atoms with Gasteiger partial charge in [0.05, 0.1) is 17.8 Å². The summed E-state index contributed by atoms with van der Waals surface area (Å²) in [5.41, 5.74) is 2.51. The number of hydrogen-bond acceptors (Lipinski definition) is 4. The maximum atomic E-state index is 12.0. The molecule has 1 aromatic carbocycles. The van der Waals surface area contributed by atoms with Gasteiger partial charge in [-0.05, 0) is 18.2 Å². The lowest BCUT2D eigenvalue weighted by atomic mass is 10.1. The van der Waals surface area contributed by atoms with Crippen molar-refractivity contribution in [1.29, 1.82) is 0 Å². The van der Waals surface area contributed by atoms with Crippen molar-refractivity contribution in [2.45, 2.75) is 6.54 Å². The molecule has 0 atom stereocenters. The van der Waals surface area contributed by atoms with E-state index in [2.05, 4.69) is 15.5 Å². The molecule has 0 aliphatic rings. The second-order valence-electron chi connectivity index (χ2n) is 4.54. The van der Waals surface area contributed by atoms with Gasteiger partial charge in [0.2, 0.25) is 0 Å². The summed E-state index contributed by atoms with van der Waals surface area (Å²) >= 11 is 0. The minimum atomic E-state index is -0.0367. The van der Waals surface area contributed by atoms with E-state index >= 15 is 0 Å². The molecule has 0 aliphatic heterocycles. The van der Waals surface area contributed by atoms with Crippen molar-refractivity contribution >= 4 is 16.6 Å². The fourth-order valence-electron chi connectivity index (χ4n) is 2.17. The van der Waals surface area contributed by atoms with Crippen LogP contribution in [0, 0.1) is 0 Å². The average molecular weight is 266 g/mol. The molecule has 3 rings (SSSR count). The molecule has 20 heavy (non-hydrogen) atoms. The molecule has 2 heterocycles. The summed E-state index contributed by atoms with van der Waals surface area (Å²) in [5.74, 6) is 0. The van der Waals surface area contributed by atoms with Gasteiger partial charge < -0.3 is 9.88 Å². The number of aromatic nitrogens is 3. The number of nitrogens with one attached hydrogen (secondary N) is 1. The van der Waals surface area contributed by atoms with E-state index in [4.69, 9.17) is 0 Å². The maximum Gasteiger partial charge on any atom is 0.252 e. The molecule has 0 radical (unpaired) electrons. The SMILES string of the molecule is Cn1c(=O)cc(NCc2cccnn2)c2ccccc21. The van der Waals surface area contributed by atoms with Crippen LogP contribution in [-0.4, -0.2) is 14.8 Å². The Morgan fingerprint density at radius 1 is 1.20 bits per heavy atom. The zero-order chi connectivity index (χ0) is 13.9. The first-order chi connectivity index (χ1) is 9.75. The molecule has 0 saturated heterocycles. The van der Waals surface area contributed by atoms with Crippen LogP contribution in [0.25, 0.3) is 10.9 Å². The highest BCUT2D eigenvalue weighted by molar-refractivity contribution is 5.91. The van der Waals surface area contributed by atoms with Crippen molar-refractivity contribution < 1.29 is 0 Å². The predicted octanol–water partition coefficient (Wildman–Crippen LogP) is 1.94. The van der Waals surface area contributed by atoms with E-state index in [0.29, 0.717) is 6.54 Å². The van der Waals surface area contributed by atoms with Crippen molar-refractivity contribution in [1.82, 2.24) is 14.8 Å². The number of fused-ring (bicyclic) bond motifs is 1. The lowest BCUT2D eigenvalue weighted by Gasteiger charge is -2.11. The number of nitrogens with zero attached hydrogens (tertiary/aromatic N) is 3. The minimum Gasteiger partial charge on any atom is -0.379 e. The molecule has 2 aromatic heterocycles. The van der Waals surface area contributed by atoms with Gasteiger partial charge in [-0.3, -0.25) is 4.79 Å². The van der Waals surface area contributed by atoms with E-state index in [1.165, 1.54) is 0 Å². The first-order valence-electron chi connectivity index (χ1n) is 6.35. The molecular weight excluding hydrogens is 252 g/mol. The van der Waals surface area contributed by atoms with Crippen molar-refractivity contribution in [2.75, 3.05) is 5.32 Å². The molecule has 0 amide bonds. The van der Waals surface area contributed by atoms with Gasteiger partial charge >= 0.3 is 0 Å².